The van der Waals surface area contributed by atoms with Gasteiger partial charge in [-0.3, -0.25) is 14.7 Å². The van der Waals surface area contributed by atoms with E-state index in [1.54, 1.807) is 12.4 Å². The summed E-state index contributed by atoms with van der Waals surface area (Å²) in [5, 5.41) is 9.25. The number of aliphatic carboxylic acids is 1. The van der Waals surface area contributed by atoms with Crippen molar-refractivity contribution in [1.29, 1.82) is 0 Å². The predicted octanol–water partition coefficient (Wildman–Crippen LogP) is 1.77. The van der Waals surface area contributed by atoms with E-state index in [0.717, 1.165) is 24.9 Å². The summed E-state index contributed by atoms with van der Waals surface area (Å²) in [5.74, 6) is -0.207. The third kappa shape index (κ3) is 3.03. The summed E-state index contributed by atoms with van der Waals surface area (Å²) in [6.45, 7) is 3.65. The first-order chi connectivity index (χ1) is 8.16. The molecule has 1 aliphatic heterocycles. The summed E-state index contributed by atoms with van der Waals surface area (Å²) in [6, 6.07) is 3.53. The second-order valence-corrected chi connectivity index (χ2v) is 4.82. The van der Waals surface area contributed by atoms with Crippen LogP contribution in [0.15, 0.2) is 24.5 Å². The summed E-state index contributed by atoms with van der Waals surface area (Å²) in [4.78, 5) is 17.3. The van der Waals surface area contributed by atoms with E-state index in [-0.39, 0.29) is 6.04 Å². The Morgan fingerprint density at radius 2 is 2.47 bits per heavy atom. The lowest BCUT2D eigenvalue weighted by Crippen LogP contribution is -2.46. The minimum Gasteiger partial charge on any atom is -0.480 e. The molecule has 1 saturated heterocycles. The van der Waals surface area contributed by atoms with Crippen molar-refractivity contribution >= 4 is 5.97 Å². The number of carboxylic acid groups (broad SMARTS) is 1. The molecular formula is C13H18N2O2. The van der Waals surface area contributed by atoms with E-state index in [0.29, 0.717) is 12.5 Å². The molecule has 0 aliphatic carbocycles. The molecule has 1 fully saturated rings. The first-order valence-electron chi connectivity index (χ1n) is 6.02. The molecule has 4 heteroatoms. The van der Waals surface area contributed by atoms with Crippen LogP contribution in [-0.2, 0) is 11.3 Å². The van der Waals surface area contributed by atoms with Gasteiger partial charge in [-0.15, -0.1) is 0 Å². The highest BCUT2D eigenvalue weighted by molar-refractivity contribution is 5.73. The highest BCUT2D eigenvalue weighted by atomic mass is 16.4. The zero-order valence-corrected chi connectivity index (χ0v) is 10.0. The average molecular weight is 234 g/mol. The number of rotatable bonds is 3. The molecule has 2 heterocycles. The van der Waals surface area contributed by atoms with Crippen LogP contribution in [0.1, 0.15) is 25.3 Å². The Kier molecular flexibility index (Phi) is 3.74. The maximum absolute atomic E-state index is 11.2. The van der Waals surface area contributed by atoms with Crippen molar-refractivity contribution in [2.24, 2.45) is 5.92 Å². The Labute approximate surface area is 101 Å². The van der Waals surface area contributed by atoms with E-state index in [4.69, 9.17) is 0 Å². The highest BCUT2D eigenvalue weighted by Gasteiger charge is 2.31. The first-order valence-corrected chi connectivity index (χ1v) is 6.02. The zero-order valence-electron chi connectivity index (χ0n) is 10.0. The second kappa shape index (κ2) is 5.27. The smallest absolute Gasteiger partial charge is 0.320 e. The number of pyridine rings is 1. The van der Waals surface area contributed by atoms with Crippen LogP contribution >= 0.6 is 0 Å². The van der Waals surface area contributed by atoms with Crippen molar-refractivity contribution in [1.82, 2.24) is 9.88 Å². The van der Waals surface area contributed by atoms with E-state index in [1.807, 2.05) is 17.0 Å². The fourth-order valence-corrected chi connectivity index (χ4v) is 2.36. The molecule has 17 heavy (non-hydrogen) atoms. The van der Waals surface area contributed by atoms with Crippen LogP contribution in [0.25, 0.3) is 0 Å². The normalized spacial score (nSPS) is 25.7. The summed E-state index contributed by atoms with van der Waals surface area (Å²) in [7, 11) is 0. The standard InChI is InChI=1S/C13H18N2O2/c1-10-4-6-15(12(7-10)13(16)17)9-11-3-2-5-14-8-11/h2-3,5,8,10,12H,4,6-7,9H2,1H3,(H,16,17). The first kappa shape index (κ1) is 12.0. The van der Waals surface area contributed by atoms with Crippen LogP contribution in [0, 0.1) is 5.92 Å². The summed E-state index contributed by atoms with van der Waals surface area (Å²) < 4.78 is 0. The van der Waals surface area contributed by atoms with Crippen LogP contribution in [0.5, 0.6) is 0 Å². The molecule has 1 N–H and O–H groups in total. The average Bonchev–Trinajstić information content (AvgIpc) is 2.32. The molecule has 1 aliphatic rings. The molecule has 0 aromatic carbocycles. The van der Waals surface area contributed by atoms with Crippen molar-refractivity contribution in [2.45, 2.75) is 32.4 Å². The highest BCUT2D eigenvalue weighted by Crippen LogP contribution is 2.24. The minimum absolute atomic E-state index is 0.348. The van der Waals surface area contributed by atoms with Gasteiger partial charge in [-0.05, 0) is 36.9 Å². The number of carbonyl (C=O) groups is 1. The van der Waals surface area contributed by atoms with Crippen LogP contribution in [0.2, 0.25) is 0 Å². The monoisotopic (exact) mass is 234 g/mol. The van der Waals surface area contributed by atoms with Gasteiger partial charge in [-0.1, -0.05) is 13.0 Å². The van der Waals surface area contributed by atoms with E-state index in [2.05, 4.69) is 11.9 Å². The van der Waals surface area contributed by atoms with Crippen LogP contribution in [-0.4, -0.2) is 33.5 Å². The lowest BCUT2D eigenvalue weighted by Gasteiger charge is -2.35. The molecule has 1 aromatic rings. The number of hydrogen-bond acceptors (Lipinski definition) is 3. The summed E-state index contributed by atoms with van der Waals surface area (Å²) in [6.07, 6.45) is 5.35. The molecular weight excluding hydrogens is 216 g/mol. The van der Waals surface area contributed by atoms with Crippen molar-refractivity contribution < 1.29 is 9.90 Å². The molecule has 0 radical (unpaired) electrons. The predicted molar refractivity (Wildman–Crippen MR) is 64.5 cm³/mol. The zero-order chi connectivity index (χ0) is 12.3. The molecule has 0 bridgehead atoms. The number of piperidine rings is 1. The van der Waals surface area contributed by atoms with Gasteiger partial charge < -0.3 is 5.11 Å². The molecule has 2 rings (SSSR count). The molecule has 92 valence electrons. The Morgan fingerprint density at radius 3 is 3.12 bits per heavy atom. The molecule has 0 amide bonds. The minimum atomic E-state index is -0.708. The van der Waals surface area contributed by atoms with Gasteiger partial charge in [0.1, 0.15) is 6.04 Å². The van der Waals surface area contributed by atoms with Crippen LogP contribution in [0.4, 0.5) is 0 Å². The van der Waals surface area contributed by atoms with E-state index >= 15 is 0 Å². The van der Waals surface area contributed by atoms with Gasteiger partial charge in [0.15, 0.2) is 0 Å². The number of aromatic nitrogens is 1. The fraction of sp³-hybridized carbons (Fsp3) is 0.538. The van der Waals surface area contributed by atoms with Crippen molar-refractivity contribution in [2.75, 3.05) is 6.54 Å². The van der Waals surface area contributed by atoms with Gasteiger partial charge in [0.25, 0.3) is 0 Å². The quantitative estimate of drug-likeness (QED) is 0.866. The topological polar surface area (TPSA) is 53.4 Å². The Hall–Kier alpha value is -1.42. The SMILES string of the molecule is CC1CCN(Cc2cccnc2)C(C(=O)O)C1. The fourth-order valence-electron chi connectivity index (χ4n) is 2.36. The lowest BCUT2D eigenvalue weighted by molar-refractivity contribution is -0.145. The molecule has 4 nitrogen and oxygen atoms in total. The third-order valence-electron chi connectivity index (χ3n) is 3.37. The molecule has 0 spiro atoms. The number of carboxylic acids is 1. The maximum atomic E-state index is 11.2. The molecule has 0 saturated carbocycles. The van der Waals surface area contributed by atoms with Gasteiger partial charge in [-0.2, -0.15) is 0 Å². The summed E-state index contributed by atoms with van der Waals surface area (Å²) >= 11 is 0. The number of likely N-dealkylation sites (tertiary alicyclic amines) is 1. The van der Waals surface area contributed by atoms with Crippen molar-refractivity contribution in [3.05, 3.63) is 30.1 Å². The largest absolute Gasteiger partial charge is 0.480 e. The van der Waals surface area contributed by atoms with Gasteiger partial charge in [0, 0.05) is 18.9 Å². The summed E-state index contributed by atoms with van der Waals surface area (Å²) in [5.41, 5.74) is 1.08. The number of hydrogen-bond donors (Lipinski definition) is 1. The maximum Gasteiger partial charge on any atom is 0.320 e. The van der Waals surface area contributed by atoms with Gasteiger partial charge in [0.05, 0.1) is 0 Å². The van der Waals surface area contributed by atoms with E-state index in [1.165, 1.54) is 0 Å². The number of nitrogens with zero attached hydrogens (tertiary/aromatic N) is 2. The Morgan fingerprint density at radius 1 is 1.65 bits per heavy atom. The molecule has 2 unspecified atom stereocenters. The van der Waals surface area contributed by atoms with Crippen molar-refractivity contribution in [3.8, 4) is 0 Å². The van der Waals surface area contributed by atoms with Gasteiger partial charge in [0.2, 0.25) is 0 Å². The molecule has 1 aromatic heterocycles. The van der Waals surface area contributed by atoms with Gasteiger partial charge >= 0.3 is 5.97 Å². The van der Waals surface area contributed by atoms with Gasteiger partial charge in [-0.25, -0.2) is 0 Å². The Bertz CT molecular complexity index is 380. The molecule has 2 atom stereocenters. The van der Waals surface area contributed by atoms with E-state index in [9.17, 15) is 9.90 Å². The second-order valence-electron chi connectivity index (χ2n) is 4.82. The van der Waals surface area contributed by atoms with Crippen LogP contribution < -0.4 is 0 Å². The van der Waals surface area contributed by atoms with E-state index < -0.39 is 5.97 Å². The Balaban J connectivity index is 2.06. The van der Waals surface area contributed by atoms with Crippen LogP contribution in [0.3, 0.4) is 0 Å². The third-order valence-corrected chi connectivity index (χ3v) is 3.37. The lowest BCUT2D eigenvalue weighted by atomic mass is 9.92. The van der Waals surface area contributed by atoms with Crippen molar-refractivity contribution in [3.63, 3.8) is 0 Å².